The Kier molecular flexibility index (Phi) is 7.40. The molecule has 7 nitrogen and oxygen atoms in total. The number of aryl methyl sites for hydroxylation is 2. The first-order valence-electron chi connectivity index (χ1n) is 9.85. The molecule has 0 atom stereocenters. The molecule has 3 aromatic carbocycles. The molecule has 0 aliphatic carbocycles. The molecule has 0 spiro atoms. The summed E-state index contributed by atoms with van der Waals surface area (Å²) in [5, 5.41) is 5.46. The summed E-state index contributed by atoms with van der Waals surface area (Å²) >= 11 is 5.18. The molecule has 3 aromatic rings. The zero-order chi connectivity index (χ0) is 24.2. The summed E-state index contributed by atoms with van der Waals surface area (Å²) in [5.74, 6) is 0.0213. The maximum Gasteiger partial charge on any atom is 0.261 e. The minimum Gasteiger partial charge on any atom is -0.497 e. The van der Waals surface area contributed by atoms with Gasteiger partial charge in [-0.1, -0.05) is 29.2 Å². The van der Waals surface area contributed by atoms with Gasteiger partial charge in [0.25, 0.3) is 15.9 Å². The van der Waals surface area contributed by atoms with Crippen molar-refractivity contribution in [3.63, 3.8) is 0 Å². The first kappa shape index (κ1) is 24.3. The van der Waals surface area contributed by atoms with E-state index < -0.39 is 15.9 Å². The maximum atomic E-state index is 12.7. The number of nitrogens with one attached hydrogen (secondary N) is 3. The summed E-state index contributed by atoms with van der Waals surface area (Å²) in [6.45, 7) is 3.78. The standard InChI is InChI=1S/C23H22BN3O4S2/c1-14-4-10-20(15(2)12-14)27-33(29,30)18-8-6-17(7-9-18)25-23(32)26-22(28)16-5-11-21(31-3)19(24)13-16/h4-13,27H,1-3H3,(H2,25,26,28,32). The first-order chi connectivity index (χ1) is 15.6. The van der Waals surface area contributed by atoms with Gasteiger partial charge in [-0.2, -0.15) is 0 Å². The van der Waals surface area contributed by atoms with Gasteiger partial charge in [0.2, 0.25) is 0 Å². The summed E-state index contributed by atoms with van der Waals surface area (Å²) in [6, 6.07) is 16.1. The van der Waals surface area contributed by atoms with Crippen LogP contribution in [0.2, 0.25) is 0 Å². The molecule has 0 saturated carbocycles. The van der Waals surface area contributed by atoms with Crippen molar-refractivity contribution in [2.24, 2.45) is 0 Å². The number of carbonyl (C=O) groups is 1. The van der Waals surface area contributed by atoms with E-state index in [4.69, 9.17) is 24.8 Å². The van der Waals surface area contributed by atoms with Gasteiger partial charge < -0.3 is 10.1 Å². The fourth-order valence-corrected chi connectivity index (χ4v) is 4.40. The molecule has 0 unspecified atom stereocenters. The number of rotatable bonds is 6. The van der Waals surface area contributed by atoms with Gasteiger partial charge in [-0.15, -0.1) is 0 Å². The highest BCUT2D eigenvalue weighted by Gasteiger charge is 2.16. The Labute approximate surface area is 200 Å². The summed E-state index contributed by atoms with van der Waals surface area (Å²) in [7, 11) is 3.55. The lowest BCUT2D eigenvalue weighted by atomic mass is 9.93. The fraction of sp³-hybridized carbons (Fsp3) is 0.130. The summed E-state index contributed by atoms with van der Waals surface area (Å²) in [5.41, 5.74) is 3.55. The summed E-state index contributed by atoms with van der Waals surface area (Å²) in [4.78, 5) is 12.5. The number of methoxy groups -OCH3 is 1. The van der Waals surface area contributed by atoms with Crippen LogP contribution in [0.1, 0.15) is 21.5 Å². The Morgan fingerprint density at radius 1 is 1.00 bits per heavy atom. The van der Waals surface area contributed by atoms with Gasteiger partial charge in [-0.05, 0) is 74.1 Å². The Hall–Kier alpha value is -3.37. The van der Waals surface area contributed by atoms with Crippen LogP contribution in [-0.2, 0) is 10.0 Å². The van der Waals surface area contributed by atoms with E-state index in [-0.39, 0.29) is 10.0 Å². The Balaban J connectivity index is 1.64. The first-order valence-corrected chi connectivity index (χ1v) is 11.7. The second kappa shape index (κ2) is 10.1. The van der Waals surface area contributed by atoms with Crippen molar-refractivity contribution in [1.82, 2.24) is 5.32 Å². The molecule has 0 saturated heterocycles. The van der Waals surface area contributed by atoms with Crippen LogP contribution in [-0.4, -0.2) is 34.4 Å². The second-order valence-electron chi connectivity index (χ2n) is 7.31. The highest BCUT2D eigenvalue weighted by Crippen LogP contribution is 2.22. The van der Waals surface area contributed by atoms with Crippen LogP contribution in [0.3, 0.4) is 0 Å². The van der Waals surface area contributed by atoms with Gasteiger partial charge in [0.1, 0.15) is 13.6 Å². The Morgan fingerprint density at radius 2 is 1.70 bits per heavy atom. The van der Waals surface area contributed by atoms with Crippen LogP contribution in [0.15, 0.2) is 65.6 Å². The van der Waals surface area contributed by atoms with Crippen molar-refractivity contribution in [1.29, 1.82) is 0 Å². The van der Waals surface area contributed by atoms with Crippen LogP contribution < -0.4 is 25.6 Å². The van der Waals surface area contributed by atoms with E-state index >= 15 is 0 Å². The van der Waals surface area contributed by atoms with Gasteiger partial charge in [-0.25, -0.2) is 8.42 Å². The number of ether oxygens (including phenoxy) is 1. The van der Waals surface area contributed by atoms with E-state index in [0.29, 0.717) is 28.2 Å². The van der Waals surface area contributed by atoms with E-state index in [1.165, 1.54) is 25.3 Å². The molecule has 0 aliphatic rings. The predicted molar refractivity (Wildman–Crippen MR) is 135 cm³/mol. The maximum absolute atomic E-state index is 12.7. The molecule has 0 bridgehead atoms. The second-order valence-corrected chi connectivity index (χ2v) is 9.40. The number of benzene rings is 3. The monoisotopic (exact) mass is 479 g/mol. The molecular formula is C23H22BN3O4S2. The van der Waals surface area contributed by atoms with E-state index in [9.17, 15) is 13.2 Å². The van der Waals surface area contributed by atoms with Crippen LogP contribution >= 0.6 is 12.2 Å². The van der Waals surface area contributed by atoms with E-state index in [0.717, 1.165) is 11.1 Å². The van der Waals surface area contributed by atoms with Gasteiger partial charge in [0.05, 0.1) is 17.7 Å². The Morgan fingerprint density at radius 3 is 2.30 bits per heavy atom. The average molecular weight is 479 g/mol. The largest absolute Gasteiger partial charge is 0.497 e. The molecule has 3 N–H and O–H groups in total. The van der Waals surface area contributed by atoms with Crippen molar-refractivity contribution < 1.29 is 17.9 Å². The van der Waals surface area contributed by atoms with E-state index in [1.54, 1.807) is 30.3 Å². The number of hydrogen-bond donors (Lipinski definition) is 3. The van der Waals surface area contributed by atoms with Gasteiger partial charge in [-0.3, -0.25) is 14.8 Å². The molecule has 0 aliphatic heterocycles. The van der Waals surface area contributed by atoms with Crippen LogP contribution in [0.4, 0.5) is 11.4 Å². The molecular weight excluding hydrogens is 457 g/mol. The molecule has 10 heteroatoms. The Bertz CT molecular complexity index is 1310. The minimum absolute atomic E-state index is 0.0541. The highest BCUT2D eigenvalue weighted by atomic mass is 32.2. The fourth-order valence-electron chi connectivity index (χ4n) is 3.06. The highest BCUT2D eigenvalue weighted by molar-refractivity contribution is 7.92. The number of sulfonamides is 1. The quantitative estimate of drug-likeness (QED) is 0.372. The van der Waals surface area contributed by atoms with Gasteiger partial charge in [0, 0.05) is 11.3 Å². The molecule has 3 rings (SSSR count). The predicted octanol–water partition coefficient (Wildman–Crippen LogP) is 3.03. The van der Waals surface area contributed by atoms with Crippen LogP contribution in [0, 0.1) is 13.8 Å². The van der Waals surface area contributed by atoms with Crippen molar-refractivity contribution in [3.8, 4) is 5.75 Å². The summed E-state index contributed by atoms with van der Waals surface area (Å²) in [6.07, 6.45) is 0. The third kappa shape index (κ3) is 6.12. The van der Waals surface area contributed by atoms with Crippen molar-refractivity contribution in [2.75, 3.05) is 17.1 Å². The molecule has 1 amide bonds. The van der Waals surface area contributed by atoms with E-state index in [2.05, 4.69) is 15.4 Å². The SMILES string of the molecule is [B]c1cc(C(=O)NC(=S)Nc2ccc(S(=O)(=O)Nc3ccc(C)cc3C)cc2)ccc1OC. The normalized spacial score (nSPS) is 10.9. The van der Waals surface area contributed by atoms with Crippen molar-refractivity contribution in [2.45, 2.75) is 18.7 Å². The number of amides is 1. The zero-order valence-corrected chi connectivity index (χ0v) is 19.9. The van der Waals surface area contributed by atoms with Crippen LogP contribution in [0.25, 0.3) is 0 Å². The lowest BCUT2D eigenvalue weighted by Crippen LogP contribution is -2.34. The molecule has 0 heterocycles. The van der Waals surface area contributed by atoms with Gasteiger partial charge >= 0.3 is 0 Å². The number of hydrogen-bond acceptors (Lipinski definition) is 5. The number of carbonyl (C=O) groups excluding carboxylic acids is 1. The van der Waals surface area contributed by atoms with Crippen LogP contribution in [0.5, 0.6) is 5.75 Å². The number of thiocarbonyl (C=S) groups is 1. The molecule has 0 fully saturated rings. The topological polar surface area (TPSA) is 96.5 Å². The third-order valence-electron chi connectivity index (χ3n) is 4.77. The number of anilines is 2. The third-order valence-corrected chi connectivity index (χ3v) is 6.35. The zero-order valence-electron chi connectivity index (χ0n) is 18.3. The minimum atomic E-state index is -3.76. The average Bonchev–Trinajstić information content (AvgIpc) is 2.76. The lowest BCUT2D eigenvalue weighted by Gasteiger charge is -2.13. The molecule has 33 heavy (non-hydrogen) atoms. The smallest absolute Gasteiger partial charge is 0.261 e. The molecule has 2 radical (unpaired) electrons. The van der Waals surface area contributed by atoms with Crippen molar-refractivity contribution in [3.05, 3.63) is 77.4 Å². The van der Waals surface area contributed by atoms with Crippen molar-refractivity contribution >= 4 is 57.9 Å². The molecule has 0 aromatic heterocycles. The lowest BCUT2D eigenvalue weighted by molar-refractivity contribution is 0.0978. The van der Waals surface area contributed by atoms with E-state index in [1.807, 2.05) is 26.0 Å². The van der Waals surface area contributed by atoms with Gasteiger partial charge in [0.15, 0.2) is 5.11 Å². The molecule has 168 valence electrons. The summed E-state index contributed by atoms with van der Waals surface area (Å²) < 4.78 is 33.1.